The van der Waals surface area contributed by atoms with Gasteiger partial charge in [-0.05, 0) is 86.6 Å². The van der Waals surface area contributed by atoms with Gasteiger partial charge in [0.25, 0.3) is 0 Å². The third-order valence-electron chi connectivity index (χ3n) is 9.08. The molecule has 2 aliphatic heterocycles. The summed E-state index contributed by atoms with van der Waals surface area (Å²) in [6.45, 7) is 15.9. The van der Waals surface area contributed by atoms with Gasteiger partial charge in [0.15, 0.2) is 0 Å². The highest BCUT2D eigenvalue weighted by Gasteiger charge is 2.50. The standard InChI is InChI=1S/C33H46FN3O2/c1-24(2)28-8-6-7-9-29(28)30-23-35(22-25-10-12-26(34)13-11-25)18-19-37(30)27-20-33(21-27)14-16-36(17-15-33)31(38)39-32(3,4)5/h6-13,24,27,30H,14-23H2,1-5H3/t30-/m0/s1. The van der Waals surface area contributed by atoms with Crippen LogP contribution in [-0.2, 0) is 11.3 Å². The van der Waals surface area contributed by atoms with E-state index in [0.29, 0.717) is 23.4 Å². The topological polar surface area (TPSA) is 36.0 Å². The van der Waals surface area contributed by atoms with Crippen molar-refractivity contribution in [3.05, 3.63) is 71.0 Å². The van der Waals surface area contributed by atoms with Crippen LogP contribution in [0.4, 0.5) is 9.18 Å². The van der Waals surface area contributed by atoms with Gasteiger partial charge in [0.05, 0.1) is 0 Å². The molecule has 0 unspecified atom stereocenters. The number of hydrogen-bond donors (Lipinski definition) is 0. The van der Waals surface area contributed by atoms with Crippen LogP contribution in [-0.4, -0.2) is 65.2 Å². The molecule has 5 rings (SSSR count). The van der Waals surface area contributed by atoms with Crippen LogP contribution in [0, 0.1) is 11.2 Å². The van der Waals surface area contributed by atoms with Crippen molar-refractivity contribution in [2.24, 2.45) is 5.41 Å². The molecule has 6 heteroatoms. The zero-order valence-corrected chi connectivity index (χ0v) is 24.5. The highest BCUT2D eigenvalue weighted by atomic mass is 19.1. The fraction of sp³-hybridized carbons (Fsp3) is 0.606. The van der Waals surface area contributed by atoms with Gasteiger partial charge in [-0.15, -0.1) is 0 Å². The second kappa shape index (κ2) is 11.2. The number of ether oxygens (including phenoxy) is 1. The van der Waals surface area contributed by atoms with Crippen molar-refractivity contribution in [2.75, 3.05) is 32.7 Å². The Hall–Kier alpha value is -2.44. The van der Waals surface area contributed by atoms with Crippen LogP contribution in [0.25, 0.3) is 0 Å². The normalized spacial score (nSPS) is 22.7. The van der Waals surface area contributed by atoms with E-state index in [1.165, 1.54) is 29.5 Å². The number of carbonyl (C=O) groups excluding carboxylic acids is 1. The van der Waals surface area contributed by atoms with E-state index in [1.807, 2.05) is 37.8 Å². The Balaban J connectivity index is 1.27. The summed E-state index contributed by atoms with van der Waals surface area (Å²) in [4.78, 5) is 19.8. The Morgan fingerprint density at radius 3 is 2.31 bits per heavy atom. The molecule has 5 nitrogen and oxygen atoms in total. The molecule has 1 spiro atoms. The Labute approximate surface area is 234 Å². The summed E-state index contributed by atoms with van der Waals surface area (Å²) < 4.78 is 19.1. The summed E-state index contributed by atoms with van der Waals surface area (Å²) >= 11 is 0. The number of halogens is 1. The molecule has 1 saturated carbocycles. The molecule has 1 aliphatic carbocycles. The zero-order valence-electron chi connectivity index (χ0n) is 24.5. The number of hydrogen-bond acceptors (Lipinski definition) is 4. The molecule has 0 radical (unpaired) electrons. The Bertz CT molecular complexity index is 1130. The summed E-state index contributed by atoms with van der Waals surface area (Å²) in [6, 6.07) is 16.9. The predicted octanol–water partition coefficient (Wildman–Crippen LogP) is 6.99. The molecule has 1 amide bonds. The molecule has 3 fully saturated rings. The smallest absolute Gasteiger partial charge is 0.410 e. The van der Waals surface area contributed by atoms with Crippen molar-refractivity contribution in [3.63, 3.8) is 0 Å². The number of amides is 1. The van der Waals surface area contributed by atoms with Gasteiger partial charge in [0.2, 0.25) is 0 Å². The molecular weight excluding hydrogens is 489 g/mol. The van der Waals surface area contributed by atoms with Crippen molar-refractivity contribution >= 4 is 6.09 Å². The monoisotopic (exact) mass is 535 g/mol. The van der Waals surface area contributed by atoms with Crippen LogP contribution in [0.15, 0.2) is 48.5 Å². The van der Waals surface area contributed by atoms with Crippen molar-refractivity contribution in [1.29, 1.82) is 0 Å². The zero-order chi connectivity index (χ0) is 27.8. The highest BCUT2D eigenvalue weighted by molar-refractivity contribution is 5.68. The number of likely N-dealkylation sites (tertiary alicyclic amines) is 1. The minimum Gasteiger partial charge on any atom is -0.444 e. The van der Waals surface area contributed by atoms with Crippen LogP contribution in [0.3, 0.4) is 0 Å². The van der Waals surface area contributed by atoms with Gasteiger partial charge in [-0.3, -0.25) is 9.80 Å². The molecule has 0 aromatic heterocycles. The van der Waals surface area contributed by atoms with Crippen molar-refractivity contribution in [2.45, 2.75) is 90.4 Å². The van der Waals surface area contributed by atoms with Crippen LogP contribution < -0.4 is 0 Å². The number of rotatable bonds is 5. The molecular formula is C33H46FN3O2. The number of piperazine rings is 1. The quantitative estimate of drug-likeness (QED) is 0.414. The van der Waals surface area contributed by atoms with E-state index in [-0.39, 0.29) is 11.9 Å². The fourth-order valence-corrected chi connectivity index (χ4v) is 6.97. The van der Waals surface area contributed by atoms with Gasteiger partial charge >= 0.3 is 6.09 Å². The van der Waals surface area contributed by atoms with E-state index in [1.54, 1.807) is 12.1 Å². The molecule has 0 bridgehead atoms. The third kappa shape index (κ3) is 6.49. The van der Waals surface area contributed by atoms with Gasteiger partial charge in [-0.1, -0.05) is 50.2 Å². The molecule has 2 aromatic carbocycles. The van der Waals surface area contributed by atoms with E-state index in [2.05, 4.69) is 47.9 Å². The molecule has 2 saturated heterocycles. The van der Waals surface area contributed by atoms with E-state index >= 15 is 0 Å². The summed E-state index contributed by atoms with van der Waals surface area (Å²) in [5, 5.41) is 0. The lowest BCUT2D eigenvalue weighted by atomic mass is 9.59. The Kier molecular flexibility index (Phi) is 8.08. The second-order valence-electron chi connectivity index (χ2n) is 13.4. The number of piperidine rings is 1. The summed E-state index contributed by atoms with van der Waals surface area (Å²) in [7, 11) is 0. The molecule has 2 heterocycles. The van der Waals surface area contributed by atoms with Crippen molar-refractivity contribution in [1.82, 2.24) is 14.7 Å². The maximum Gasteiger partial charge on any atom is 0.410 e. The lowest BCUT2D eigenvalue weighted by Gasteiger charge is -2.58. The molecule has 212 valence electrons. The van der Waals surface area contributed by atoms with Crippen LogP contribution >= 0.6 is 0 Å². The van der Waals surface area contributed by atoms with Gasteiger partial charge < -0.3 is 9.64 Å². The van der Waals surface area contributed by atoms with Crippen LogP contribution in [0.1, 0.15) is 89.0 Å². The van der Waals surface area contributed by atoms with Gasteiger partial charge in [-0.2, -0.15) is 0 Å². The first-order valence-electron chi connectivity index (χ1n) is 14.8. The highest BCUT2D eigenvalue weighted by Crippen LogP contribution is 2.53. The SMILES string of the molecule is CC(C)c1ccccc1[C@@H]1CN(Cc2ccc(F)cc2)CCN1C1CC2(CCN(C(=O)OC(C)(C)C)CC2)C1. The van der Waals surface area contributed by atoms with Gasteiger partial charge in [-0.25, -0.2) is 9.18 Å². The maximum absolute atomic E-state index is 13.5. The van der Waals surface area contributed by atoms with E-state index in [4.69, 9.17) is 4.74 Å². The minimum absolute atomic E-state index is 0.171. The lowest BCUT2D eigenvalue weighted by Crippen LogP contribution is -2.60. The van der Waals surface area contributed by atoms with E-state index in [0.717, 1.165) is 52.1 Å². The Morgan fingerprint density at radius 2 is 1.67 bits per heavy atom. The molecule has 2 aromatic rings. The average molecular weight is 536 g/mol. The first-order chi connectivity index (χ1) is 18.5. The first-order valence-corrected chi connectivity index (χ1v) is 14.8. The fourth-order valence-electron chi connectivity index (χ4n) is 6.97. The largest absolute Gasteiger partial charge is 0.444 e. The number of carbonyl (C=O) groups is 1. The van der Waals surface area contributed by atoms with Gasteiger partial charge in [0.1, 0.15) is 11.4 Å². The van der Waals surface area contributed by atoms with Crippen molar-refractivity contribution < 1.29 is 13.9 Å². The van der Waals surface area contributed by atoms with Crippen LogP contribution in [0.2, 0.25) is 0 Å². The van der Waals surface area contributed by atoms with E-state index < -0.39 is 5.60 Å². The molecule has 3 aliphatic rings. The minimum atomic E-state index is -0.450. The summed E-state index contributed by atoms with van der Waals surface area (Å²) in [6.07, 6.45) is 4.40. The third-order valence-corrected chi connectivity index (χ3v) is 9.08. The molecule has 0 N–H and O–H groups in total. The first kappa shape index (κ1) is 28.1. The molecule has 39 heavy (non-hydrogen) atoms. The molecule has 1 atom stereocenters. The van der Waals surface area contributed by atoms with Crippen LogP contribution in [0.5, 0.6) is 0 Å². The average Bonchev–Trinajstić information content (AvgIpc) is 2.88. The number of benzene rings is 2. The lowest BCUT2D eigenvalue weighted by molar-refractivity contribution is -0.0782. The van der Waals surface area contributed by atoms with E-state index in [9.17, 15) is 9.18 Å². The second-order valence-corrected chi connectivity index (χ2v) is 13.4. The number of nitrogens with zero attached hydrogens (tertiary/aromatic N) is 3. The predicted molar refractivity (Wildman–Crippen MR) is 154 cm³/mol. The maximum atomic E-state index is 13.5. The summed E-state index contributed by atoms with van der Waals surface area (Å²) in [5.74, 6) is 0.295. The van der Waals surface area contributed by atoms with Crippen molar-refractivity contribution in [3.8, 4) is 0 Å². The summed E-state index contributed by atoms with van der Waals surface area (Å²) in [5.41, 5.74) is 3.97. The Morgan fingerprint density at radius 1 is 1.00 bits per heavy atom. The van der Waals surface area contributed by atoms with Gasteiger partial charge in [0, 0.05) is 51.4 Å².